The van der Waals surface area contributed by atoms with Gasteiger partial charge in [-0.25, -0.2) is 0 Å². The van der Waals surface area contributed by atoms with E-state index in [4.69, 9.17) is 4.74 Å². The Kier molecular flexibility index (Phi) is 6.62. The molecule has 1 amide bonds. The molecule has 7 heteroatoms. The SMILES string of the molecule is COCc1cccc(CC(=O)NC2CCCN(CC(F)(F)F)C2)c1. The lowest BCUT2D eigenvalue weighted by molar-refractivity contribution is -0.148. The van der Waals surface area contributed by atoms with Gasteiger partial charge in [0.25, 0.3) is 0 Å². The van der Waals surface area contributed by atoms with Crippen molar-refractivity contribution in [2.75, 3.05) is 26.7 Å². The Morgan fingerprint density at radius 1 is 1.38 bits per heavy atom. The van der Waals surface area contributed by atoms with Crippen molar-refractivity contribution in [3.05, 3.63) is 35.4 Å². The Bertz CT molecular complexity index is 549. The minimum absolute atomic E-state index is 0.163. The summed E-state index contributed by atoms with van der Waals surface area (Å²) in [6, 6.07) is 7.31. The van der Waals surface area contributed by atoms with E-state index in [0.29, 0.717) is 26.0 Å². The van der Waals surface area contributed by atoms with Crippen LogP contribution in [0.3, 0.4) is 0 Å². The van der Waals surface area contributed by atoms with Crippen molar-refractivity contribution in [2.24, 2.45) is 0 Å². The molecule has 134 valence electrons. The lowest BCUT2D eigenvalue weighted by Gasteiger charge is -2.33. The van der Waals surface area contributed by atoms with Crippen LogP contribution in [-0.4, -0.2) is 49.8 Å². The number of amides is 1. The first kappa shape index (κ1) is 18.7. The monoisotopic (exact) mass is 344 g/mol. The van der Waals surface area contributed by atoms with Gasteiger partial charge in [-0.1, -0.05) is 24.3 Å². The topological polar surface area (TPSA) is 41.6 Å². The Labute approximate surface area is 140 Å². The number of likely N-dealkylation sites (tertiary alicyclic amines) is 1. The smallest absolute Gasteiger partial charge is 0.380 e. The number of carbonyl (C=O) groups is 1. The first-order valence-electron chi connectivity index (χ1n) is 8.01. The van der Waals surface area contributed by atoms with Crippen molar-refractivity contribution in [1.29, 1.82) is 0 Å². The van der Waals surface area contributed by atoms with Gasteiger partial charge in [-0.05, 0) is 30.5 Å². The minimum Gasteiger partial charge on any atom is -0.380 e. The number of alkyl halides is 3. The number of hydrogen-bond donors (Lipinski definition) is 1. The molecule has 2 rings (SSSR count). The summed E-state index contributed by atoms with van der Waals surface area (Å²) in [7, 11) is 1.61. The standard InChI is InChI=1S/C17H23F3N2O2/c1-24-11-14-5-2-4-13(8-14)9-16(23)21-15-6-3-7-22(10-15)12-17(18,19)20/h2,4-5,8,15H,3,6-7,9-12H2,1H3,(H,21,23). The van der Waals surface area contributed by atoms with Crippen molar-refractivity contribution in [3.63, 3.8) is 0 Å². The summed E-state index contributed by atoms with van der Waals surface area (Å²) >= 11 is 0. The van der Waals surface area contributed by atoms with Gasteiger partial charge >= 0.3 is 6.18 Å². The summed E-state index contributed by atoms with van der Waals surface area (Å²) in [5, 5.41) is 2.86. The van der Waals surface area contributed by atoms with E-state index in [2.05, 4.69) is 5.32 Å². The van der Waals surface area contributed by atoms with Crippen molar-refractivity contribution in [1.82, 2.24) is 10.2 Å². The molecule has 1 saturated heterocycles. The van der Waals surface area contributed by atoms with Crippen LogP contribution in [0.15, 0.2) is 24.3 Å². The van der Waals surface area contributed by atoms with E-state index in [9.17, 15) is 18.0 Å². The molecule has 0 bridgehead atoms. The number of methoxy groups -OCH3 is 1. The third-order valence-electron chi connectivity index (χ3n) is 3.94. The molecule has 1 aromatic rings. The van der Waals surface area contributed by atoms with Crippen LogP contribution in [0.25, 0.3) is 0 Å². The summed E-state index contributed by atoms with van der Waals surface area (Å²) in [5.41, 5.74) is 1.85. The number of carbonyl (C=O) groups excluding carboxylic acids is 1. The van der Waals surface area contributed by atoms with Gasteiger partial charge in [-0.2, -0.15) is 13.2 Å². The Morgan fingerprint density at radius 3 is 2.83 bits per heavy atom. The predicted molar refractivity (Wildman–Crippen MR) is 84.5 cm³/mol. The third-order valence-corrected chi connectivity index (χ3v) is 3.94. The highest BCUT2D eigenvalue weighted by atomic mass is 19.4. The average molecular weight is 344 g/mol. The molecule has 1 fully saturated rings. The molecule has 1 aliphatic rings. The average Bonchev–Trinajstić information content (AvgIpc) is 2.46. The Balaban J connectivity index is 1.84. The lowest BCUT2D eigenvalue weighted by Crippen LogP contribution is -2.50. The van der Waals surface area contributed by atoms with Crippen LogP contribution in [0.2, 0.25) is 0 Å². The molecule has 1 atom stereocenters. The molecule has 1 N–H and O–H groups in total. The van der Waals surface area contributed by atoms with Gasteiger partial charge in [0, 0.05) is 19.7 Å². The van der Waals surface area contributed by atoms with Gasteiger partial charge in [0.1, 0.15) is 0 Å². The lowest BCUT2D eigenvalue weighted by atomic mass is 10.0. The number of hydrogen-bond acceptors (Lipinski definition) is 3. The van der Waals surface area contributed by atoms with Gasteiger partial charge in [0.15, 0.2) is 0 Å². The second-order valence-corrected chi connectivity index (χ2v) is 6.19. The molecule has 1 aromatic carbocycles. The second kappa shape index (κ2) is 8.48. The Morgan fingerprint density at radius 2 is 2.12 bits per heavy atom. The fraction of sp³-hybridized carbons (Fsp3) is 0.588. The van der Waals surface area contributed by atoms with Crippen LogP contribution >= 0.6 is 0 Å². The number of rotatable bonds is 6. The second-order valence-electron chi connectivity index (χ2n) is 6.19. The van der Waals surface area contributed by atoms with E-state index in [0.717, 1.165) is 11.1 Å². The molecule has 24 heavy (non-hydrogen) atoms. The molecule has 1 aliphatic heterocycles. The first-order valence-corrected chi connectivity index (χ1v) is 8.01. The van der Waals surface area contributed by atoms with E-state index < -0.39 is 12.7 Å². The molecule has 1 unspecified atom stereocenters. The number of halogens is 3. The summed E-state index contributed by atoms with van der Waals surface area (Å²) in [5.74, 6) is -0.163. The molecule has 4 nitrogen and oxygen atoms in total. The predicted octanol–water partition coefficient (Wildman–Crippen LogP) is 2.52. The largest absolute Gasteiger partial charge is 0.401 e. The molecule has 0 aliphatic carbocycles. The van der Waals surface area contributed by atoms with E-state index >= 15 is 0 Å². The zero-order chi connectivity index (χ0) is 17.6. The third kappa shape index (κ3) is 6.49. The summed E-state index contributed by atoms with van der Waals surface area (Å²) < 4.78 is 42.5. The molecular weight excluding hydrogens is 321 g/mol. The number of ether oxygens (including phenoxy) is 1. The highest BCUT2D eigenvalue weighted by molar-refractivity contribution is 5.78. The van der Waals surface area contributed by atoms with E-state index in [1.807, 2.05) is 24.3 Å². The van der Waals surface area contributed by atoms with Crippen LogP contribution in [0.1, 0.15) is 24.0 Å². The fourth-order valence-corrected chi connectivity index (χ4v) is 3.03. The molecule has 0 radical (unpaired) electrons. The summed E-state index contributed by atoms with van der Waals surface area (Å²) in [6.07, 6.45) is -2.62. The van der Waals surface area contributed by atoms with Crippen LogP contribution in [-0.2, 0) is 22.6 Å². The molecule has 1 heterocycles. The van der Waals surface area contributed by atoms with Gasteiger partial charge in [-0.15, -0.1) is 0 Å². The van der Waals surface area contributed by atoms with Crippen molar-refractivity contribution in [2.45, 2.75) is 38.1 Å². The molecule has 0 saturated carbocycles. The van der Waals surface area contributed by atoms with Gasteiger partial charge in [0.2, 0.25) is 5.91 Å². The van der Waals surface area contributed by atoms with Crippen LogP contribution in [0.4, 0.5) is 13.2 Å². The first-order chi connectivity index (χ1) is 11.4. The van der Waals surface area contributed by atoms with E-state index in [-0.39, 0.29) is 24.9 Å². The number of benzene rings is 1. The van der Waals surface area contributed by atoms with Crippen molar-refractivity contribution >= 4 is 5.91 Å². The highest BCUT2D eigenvalue weighted by Gasteiger charge is 2.33. The van der Waals surface area contributed by atoms with Gasteiger partial charge in [0.05, 0.1) is 19.6 Å². The van der Waals surface area contributed by atoms with Gasteiger partial charge < -0.3 is 10.1 Å². The Hall–Kier alpha value is -1.60. The number of nitrogens with zero attached hydrogens (tertiary/aromatic N) is 1. The van der Waals surface area contributed by atoms with E-state index in [1.54, 1.807) is 7.11 Å². The molecule has 0 aromatic heterocycles. The van der Waals surface area contributed by atoms with Crippen molar-refractivity contribution < 1.29 is 22.7 Å². The molecular formula is C17H23F3N2O2. The molecule has 0 spiro atoms. The fourth-order valence-electron chi connectivity index (χ4n) is 3.03. The summed E-state index contributed by atoms with van der Waals surface area (Å²) in [4.78, 5) is 13.5. The van der Waals surface area contributed by atoms with Crippen molar-refractivity contribution in [3.8, 4) is 0 Å². The normalized spacial score (nSPS) is 19.2. The maximum absolute atomic E-state index is 12.5. The maximum Gasteiger partial charge on any atom is 0.401 e. The van der Waals surface area contributed by atoms with Crippen LogP contribution in [0.5, 0.6) is 0 Å². The zero-order valence-electron chi connectivity index (χ0n) is 13.7. The number of nitrogens with one attached hydrogen (secondary N) is 1. The highest BCUT2D eigenvalue weighted by Crippen LogP contribution is 2.19. The summed E-state index contributed by atoms with van der Waals surface area (Å²) in [6.45, 7) is 0.225. The maximum atomic E-state index is 12.5. The quantitative estimate of drug-likeness (QED) is 0.862. The zero-order valence-corrected chi connectivity index (χ0v) is 13.7. The minimum atomic E-state index is -4.20. The van der Waals surface area contributed by atoms with Gasteiger partial charge in [-0.3, -0.25) is 9.69 Å². The number of piperidine rings is 1. The van der Waals surface area contributed by atoms with E-state index in [1.165, 1.54) is 4.90 Å². The van der Waals surface area contributed by atoms with Crippen LogP contribution in [0, 0.1) is 0 Å². The van der Waals surface area contributed by atoms with Crippen LogP contribution < -0.4 is 5.32 Å².